The average molecular weight is 689 g/mol. The summed E-state index contributed by atoms with van der Waals surface area (Å²) in [5, 5.41) is 3.68. The molecule has 1 fully saturated rings. The Bertz CT molecular complexity index is 1460. The number of hydrogen-bond acceptors (Lipinski definition) is 4. The van der Waals surface area contributed by atoms with Crippen LogP contribution >= 0.6 is 27.5 Å². The fraction of sp³-hybridized carbons (Fsp3) is 0.394. The van der Waals surface area contributed by atoms with Crippen molar-refractivity contribution in [1.29, 1.82) is 0 Å². The first kappa shape index (κ1) is 33.0. The molecule has 1 atom stereocenters. The molecule has 0 spiro atoms. The van der Waals surface area contributed by atoms with E-state index in [2.05, 4.69) is 21.2 Å². The normalized spacial score (nSPS) is 14.6. The minimum absolute atomic E-state index is 0.0745. The van der Waals surface area contributed by atoms with Gasteiger partial charge in [-0.25, -0.2) is 8.42 Å². The number of nitrogens with one attached hydrogen (secondary N) is 1. The Morgan fingerprint density at radius 3 is 2.30 bits per heavy atom. The van der Waals surface area contributed by atoms with Crippen molar-refractivity contribution in [3.05, 3.63) is 99.5 Å². The van der Waals surface area contributed by atoms with E-state index in [4.69, 9.17) is 11.6 Å². The Hall–Kier alpha value is -2.88. The van der Waals surface area contributed by atoms with Crippen molar-refractivity contribution in [2.45, 2.75) is 70.0 Å². The van der Waals surface area contributed by atoms with Crippen molar-refractivity contribution >= 4 is 55.1 Å². The molecule has 0 aromatic heterocycles. The van der Waals surface area contributed by atoms with Crippen LogP contribution in [0.4, 0.5) is 5.69 Å². The quantitative estimate of drug-likeness (QED) is 0.216. The van der Waals surface area contributed by atoms with Crippen LogP contribution in [0.1, 0.15) is 56.1 Å². The van der Waals surface area contributed by atoms with Gasteiger partial charge in [0.15, 0.2) is 0 Å². The van der Waals surface area contributed by atoms with Crippen LogP contribution in [-0.2, 0) is 32.6 Å². The van der Waals surface area contributed by atoms with E-state index < -0.39 is 16.1 Å². The van der Waals surface area contributed by atoms with Gasteiger partial charge >= 0.3 is 0 Å². The Labute approximate surface area is 268 Å². The maximum absolute atomic E-state index is 14.0. The van der Waals surface area contributed by atoms with Crippen LogP contribution in [0.25, 0.3) is 0 Å². The Balaban J connectivity index is 1.58. The molecule has 1 N–H and O–H groups in total. The number of carbonyl (C=O) groups excluding carboxylic acids is 2. The first-order chi connectivity index (χ1) is 20.6. The second-order valence-corrected chi connectivity index (χ2v) is 14.4. The number of halogens is 2. The number of sulfonamides is 1. The average Bonchev–Trinajstić information content (AvgIpc) is 2.98. The lowest BCUT2D eigenvalue weighted by molar-refractivity contribution is -0.141. The van der Waals surface area contributed by atoms with Gasteiger partial charge in [0.25, 0.3) is 0 Å². The summed E-state index contributed by atoms with van der Waals surface area (Å²) in [5.41, 5.74) is 2.31. The summed E-state index contributed by atoms with van der Waals surface area (Å²) in [4.78, 5) is 29.6. The van der Waals surface area contributed by atoms with Gasteiger partial charge in [0.05, 0.1) is 11.9 Å². The summed E-state index contributed by atoms with van der Waals surface area (Å²) in [5.74, 6) is -0.361. The van der Waals surface area contributed by atoms with Crippen LogP contribution in [0.2, 0.25) is 5.02 Å². The maximum atomic E-state index is 14.0. The van der Waals surface area contributed by atoms with Crippen molar-refractivity contribution in [2.24, 2.45) is 0 Å². The predicted octanol–water partition coefficient (Wildman–Crippen LogP) is 6.74. The van der Waals surface area contributed by atoms with Gasteiger partial charge in [0, 0.05) is 41.5 Å². The zero-order valence-electron chi connectivity index (χ0n) is 24.4. The van der Waals surface area contributed by atoms with E-state index in [1.54, 1.807) is 29.2 Å². The molecule has 0 radical (unpaired) electrons. The largest absolute Gasteiger partial charge is 0.352 e. The fourth-order valence-electron chi connectivity index (χ4n) is 5.52. The highest BCUT2D eigenvalue weighted by atomic mass is 79.9. The third kappa shape index (κ3) is 10.1. The second kappa shape index (κ2) is 15.7. The van der Waals surface area contributed by atoms with Gasteiger partial charge < -0.3 is 10.2 Å². The molecule has 3 aromatic rings. The van der Waals surface area contributed by atoms with Gasteiger partial charge in [0.2, 0.25) is 21.8 Å². The van der Waals surface area contributed by atoms with E-state index >= 15 is 0 Å². The maximum Gasteiger partial charge on any atom is 0.243 e. The summed E-state index contributed by atoms with van der Waals surface area (Å²) < 4.78 is 27.5. The molecule has 3 aromatic carbocycles. The van der Waals surface area contributed by atoms with Crippen molar-refractivity contribution in [3.8, 4) is 0 Å². The molecule has 1 aliphatic rings. The molecule has 1 saturated carbocycles. The standard InChI is InChI=1S/C33H39BrClN3O4S/c1-43(41,42)38(30-15-8-12-28(35)23-30)21-9-16-32(39)37(24-26-17-19-27(34)20-18-26)31(22-25-10-4-2-5-11-25)33(40)36-29-13-6-3-7-14-29/h2,4-5,8,10-12,15,17-20,23,29,31H,3,6-7,9,13-14,16,21-22,24H2,1H3,(H,36,40)/t31-/m1/s1. The molecule has 0 aliphatic heterocycles. The third-order valence-electron chi connectivity index (χ3n) is 7.74. The van der Waals surface area contributed by atoms with Crippen LogP contribution < -0.4 is 9.62 Å². The van der Waals surface area contributed by atoms with E-state index in [1.807, 2.05) is 54.6 Å². The molecule has 10 heteroatoms. The number of nitrogens with zero attached hydrogens (tertiary/aromatic N) is 2. The second-order valence-electron chi connectivity index (χ2n) is 11.1. The highest BCUT2D eigenvalue weighted by Crippen LogP contribution is 2.24. The molecule has 0 heterocycles. The van der Waals surface area contributed by atoms with Gasteiger partial charge in [-0.3, -0.25) is 13.9 Å². The van der Waals surface area contributed by atoms with E-state index in [-0.39, 0.29) is 43.8 Å². The lowest BCUT2D eigenvalue weighted by Crippen LogP contribution is -2.52. The smallest absolute Gasteiger partial charge is 0.243 e. The lowest BCUT2D eigenvalue weighted by atomic mass is 9.94. The summed E-state index contributed by atoms with van der Waals surface area (Å²) in [6.07, 6.45) is 7.08. The summed E-state index contributed by atoms with van der Waals surface area (Å²) in [7, 11) is -3.61. The topological polar surface area (TPSA) is 86.8 Å². The predicted molar refractivity (Wildman–Crippen MR) is 177 cm³/mol. The first-order valence-corrected chi connectivity index (χ1v) is 17.7. The molecular formula is C33H39BrClN3O4S. The van der Waals surface area contributed by atoms with Crippen LogP contribution in [0.15, 0.2) is 83.3 Å². The molecule has 0 saturated heterocycles. The fourth-order valence-corrected chi connectivity index (χ4v) is 6.93. The summed E-state index contributed by atoms with van der Waals surface area (Å²) in [6, 6.07) is 23.5. The molecule has 1 aliphatic carbocycles. The number of rotatable bonds is 13. The van der Waals surface area contributed by atoms with E-state index in [0.29, 0.717) is 17.1 Å². The van der Waals surface area contributed by atoms with Gasteiger partial charge in [-0.2, -0.15) is 0 Å². The molecule has 2 amide bonds. The summed E-state index contributed by atoms with van der Waals surface area (Å²) >= 11 is 9.60. The number of anilines is 1. The van der Waals surface area contributed by atoms with Crippen LogP contribution in [0, 0.1) is 0 Å². The number of amides is 2. The highest BCUT2D eigenvalue weighted by molar-refractivity contribution is 9.10. The SMILES string of the molecule is CS(=O)(=O)N(CCCC(=O)N(Cc1ccc(Br)cc1)[C@H](Cc1ccccc1)C(=O)NC1CCCCC1)c1cccc(Cl)c1. The molecule has 43 heavy (non-hydrogen) atoms. The van der Waals surface area contributed by atoms with E-state index in [1.165, 1.54) is 10.7 Å². The van der Waals surface area contributed by atoms with Crippen LogP contribution in [0.5, 0.6) is 0 Å². The lowest BCUT2D eigenvalue weighted by Gasteiger charge is -2.34. The molecule has 7 nitrogen and oxygen atoms in total. The highest BCUT2D eigenvalue weighted by Gasteiger charge is 2.32. The monoisotopic (exact) mass is 687 g/mol. The van der Waals surface area contributed by atoms with Gasteiger partial charge in [-0.15, -0.1) is 0 Å². The van der Waals surface area contributed by atoms with Crippen molar-refractivity contribution in [3.63, 3.8) is 0 Å². The molecule has 0 bridgehead atoms. The Morgan fingerprint density at radius 1 is 0.953 bits per heavy atom. The van der Waals surface area contributed by atoms with E-state index in [9.17, 15) is 18.0 Å². The van der Waals surface area contributed by atoms with Crippen LogP contribution in [-0.4, -0.2) is 50.0 Å². The number of hydrogen-bond donors (Lipinski definition) is 1. The molecule has 0 unspecified atom stereocenters. The van der Waals surface area contributed by atoms with E-state index in [0.717, 1.165) is 47.5 Å². The molecule has 4 rings (SSSR count). The van der Waals surface area contributed by atoms with Gasteiger partial charge in [-0.05, 0) is 60.7 Å². The molecule has 230 valence electrons. The van der Waals surface area contributed by atoms with Gasteiger partial charge in [-0.1, -0.05) is 95.3 Å². The van der Waals surface area contributed by atoms with Crippen LogP contribution in [0.3, 0.4) is 0 Å². The summed E-state index contributed by atoms with van der Waals surface area (Å²) in [6.45, 7) is 0.362. The minimum Gasteiger partial charge on any atom is -0.352 e. The third-order valence-corrected chi connectivity index (χ3v) is 9.70. The number of carbonyl (C=O) groups is 2. The zero-order chi connectivity index (χ0) is 30.8. The number of benzene rings is 3. The Kier molecular flexibility index (Phi) is 12.1. The van der Waals surface area contributed by atoms with Crippen molar-refractivity contribution in [1.82, 2.24) is 10.2 Å². The van der Waals surface area contributed by atoms with Gasteiger partial charge in [0.1, 0.15) is 6.04 Å². The van der Waals surface area contributed by atoms with Crippen molar-refractivity contribution < 1.29 is 18.0 Å². The zero-order valence-corrected chi connectivity index (χ0v) is 27.6. The first-order valence-electron chi connectivity index (χ1n) is 14.7. The van der Waals surface area contributed by atoms with Crippen molar-refractivity contribution in [2.75, 3.05) is 17.1 Å². The minimum atomic E-state index is -3.61. The molecular weight excluding hydrogens is 650 g/mol. The Morgan fingerprint density at radius 2 is 1.65 bits per heavy atom.